The molecule has 0 radical (unpaired) electrons. The number of aliphatic hydroxyl groups excluding tert-OH is 1. The first-order valence-electron chi connectivity index (χ1n) is 32.1. The van der Waals surface area contributed by atoms with E-state index in [0.29, 0.717) is 55.1 Å². The van der Waals surface area contributed by atoms with E-state index < -0.39 is 98.6 Å². The first-order valence-corrected chi connectivity index (χ1v) is 33.2. The molecule has 3 aliphatic carbocycles. The number of rotatable bonds is 9. The van der Waals surface area contributed by atoms with Crippen LogP contribution >= 0.6 is 34.8 Å². The highest BCUT2D eigenvalue weighted by atomic mass is 35.5. The number of Topliss-reactive ketones (excluding diaryl/α,β-unsaturated/α-hetero) is 2. The Labute approximate surface area is 600 Å². The van der Waals surface area contributed by atoms with Crippen LogP contribution in [0.2, 0.25) is 15.1 Å². The lowest BCUT2D eigenvalue weighted by atomic mass is 9.71. The van der Waals surface area contributed by atoms with Crippen LogP contribution in [0.15, 0.2) is 201 Å². The van der Waals surface area contributed by atoms with Gasteiger partial charge in [-0.05, 0) is 69.8 Å². The smallest absolute Gasteiger partial charge is 0.233 e. The average molecular weight is 1420 g/mol. The predicted molar refractivity (Wildman–Crippen MR) is 370 cm³/mol. The minimum Gasteiger partial charge on any atom is -0.476 e. The first-order chi connectivity index (χ1) is 48.8. The van der Waals surface area contributed by atoms with Crippen LogP contribution in [0.25, 0.3) is 0 Å². The van der Waals surface area contributed by atoms with Crippen molar-refractivity contribution in [1.82, 2.24) is 29.7 Å². The van der Waals surface area contributed by atoms with E-state index in [0.717, 1.165) is 0 Å². The number of nitriles is 3. The number of carbonyl (C=O) groups is 5. The number of halogens is 3. The third kappa shape index (κ3) is 10.1. The van der Waals surface area contributed by atoms with E-state index in [-0.39, 0.29) is 50.3 Å². The molecule has 0 spiro atoms. The molecule has 3 amide bonds. The van der Waals surface area contributed by atoms with Crippen LogP contribution in [-0.4, -0.2) is 128 Å². The number of nitrogens with zero attached hydrogens (tertiary/aromatic N) is 9. The van der Waals surface area contributed by atoms with Crippen molar-refractivity contribution >= 4 is 64.1 Å². The number of aliphatic hydroxyl groups is 4. The number of fused-ring (bicyclic) bond motifs is 9. The number of aromatic nitrogens is 3. The summed E-state index contributed by atoms with van der Waals surface area (Å²) < 4.78 is 19.5. The van der Waals surface area contributed by atoms with Gasteiger partial charge >= 0.3 is 0 Å². The Kier molecular flexibility index (Phi) is 17.7. The van der Waals surface area contributed by atoms with Gasteiger partial charge in [0.2, 0.25) is 28.9 Å². The average Bonchev–Trinajstić information content (AvgIpc) is 1.51. The number of ketones is 2. The van der Waals surface area contributed by atoms with Crippen LogP contribution in [0, 0.1) is 51.7 Å². The van der Waals surface area contributed by atoms with E-state index >= 15 is 0 Å². The van der Waals surface area contributed by atoms with Gasteiger partial charge in [0.05, 0.1) is 67.7 Å². The van der Waals surface area contributed by atoms with Crippen molar-refractivity contribution in [1.29, 1.82) is 15.8 Å². The molecule has 3 aromatic heterocycles. The van der Waals surface area contributed by atoms with Crippen LogP contribution in [-0.2, 0) is 57.6 Å². The van der Waals surface area contributed by atoms with Gasteiger partial charge in [-0.1, -0.05) is 162 Å². The number of pyridine rings is 3. The third-order valence-corrected chi connectivity index (χ3v) is 20.9. The zero-order chi connectivity index (χ0) is 72.8. The number of benzene rings is 6. The maximum absolute atomic E-state index is 14.1. The molecule has 3 saturated carbocycles. The van der Waals surface area contributed by atoms with E-state index in [4.69, 9.17) is 49.0 Å². The van der Waals surface area contributed by atoms with Crippen molar-refractivity contribution in [3.63, 3.8) is 0 Å². The van der Waals surface area contributed by atoms with Gasteiger partial charge < -0.3 is 49.3 Å². The van der Waals surface area contributed by atoms with Crippen LogP contribution in [0.5, 0.6) is 17.2 Å². The second-order valence-corrected chi connectivity index (χ2v) is 27.6. The minimum atomic E-state index is -2.27. The highest BCUT2D eigenvalue weighted by Gasteiger charge is 2.81. The van der Waals surface area contributed by atoms with Gasteiger partial charge in [0.1, 0.15) is 52.3 Å². The summed E-state index contributed by atoms with van der Waals surface area (Å²) in [5, 5.41) is 77.4. The standard InChI is InChI=1S/C26H22ClN3O4.2C26H20ClN3O4/c3*1-30(2)24(32)20-21(16-6-4-3-5-7-16)26(17-10-8-15(13-28)9-11-17)25(33,23(20)31)22-19(34-26)12-18(27)14-29-22/h3-12,14,20-21,23,31,33H,1-2H3;2*3-12,14,20-21,33H,1-2H3/t20-,21-,23-,25+,26+;2*20-,21-,25+,26+/m111/s1. The van der Waals surface area contributed by atoms with Crippen LogP contribution in [0.1, 0.15) is 84.9 Å². The Morgan fingerprint density at radius 2 is 0.725 bits per heavy atom. The summed E-state index contributed by atoms with van der Waals surface area (Å²) in [6.45, 7) is 0. The number of ether oxygens (including phenoxy) is 3. The summed E-state index contributed by atoms with van der Waals surface area (Å²) in [7, 11) is 9.48. The van der Waals surface area contributed by atoms with Gasteiger partial charge in [0, 0.05) is 85.0 Å². The zero-order valence-corrected chi connectivity index (χ0v) is 57.6. The molecule has 3 aliphatic heterocycles. The number of hydrogen-bond acceptors (Lipinski definition) is 18. The molecule has 6 heterocycles. The van der Waals surface area contributed by atoms with Gasteiger partial charge in [-0.2, -0.15) is 15.8 Å². The van der Waals surface area contributed by atoms with E-state index in [1.54, 1.807) is 170 Å². The Balaban J connectivity index is 0.000000137. The lowest BCUT2D eigenvalue weighted by molar-refractivity contribution is -0.157. The molecular weight excluding hydrogens is 1360 g/mol. The molecule has 13 atom stereocenters. The fourth-order valence-corrected chi connectivity index (χ4v) is 16.4. The fraction of sp³-hybridized carbons (Fsp3) is 0.244. The van der Waals surface area contributed by atoms with Gasteiger partial charge in [-0.25, -0.2) is 0 Å². The molecule has 6 aromatic carbocycles. The van der Waals surface area contributed by atoms with Crippen molar-refractivity contribution in [3.8, 4) is 35.5 Å². The molecule has 0 unspecified atom stereocenters. The Hall–Kier alpha value is -10.9. The summed E-state index contributed by atoms with van der Waals surface area (Å²) in [4.78, 5) is 85.5. The molecule has 6 aliphatic rings. The van der Waals surface area contributed by atoms with Crippen molar-refractivity contribution in [3.05, 3.63) is 283 Å². The Morgan fingerprint density at radius 3 is 1.05 bits per heavy atom. The van der Waals surface area contributed by atoms with Gasteiger partial charge in [0.15, 0.2) is 34.0 Å². The Bertz CT molecular complexity index is 4790. The summed E-state index contributed by atoms with van der Waals surface area (Å²) in [5.41, 5.74) is -6.86. The highest BCUT2D eigenvalue weighted by Crippen LogP contribution is 2.71. The van der Waals surface area contributed by atoms with Crippen LogP contribution in [0.3, 0.4) is 0 Å². The van der Waals surface area contributed by atoms with Gasteiger partial charge in [-0.3, -0.25) is 38.9 Å². The molecule has 3 fully saturated rings. The minimum absolute atomic E-state index is 0.0150. The topological polar surface area (TPSA) is 314 Å². The molecule has 15 rings (SSSR count). The first kappa shape index (κ1) is 69.6. The van der Waals surface area contributed by atoms with Gasteiger partial charge in [-0.15, -0.1) is 0 Å². The van der Waals surface area contributed by atoms with Crippen LogP contribution < -0.4 is 14.2 Å². The molecule has 9 aromatic rings. The lowest BCUT2D eigenvalue weighted by Gasteiger charge is -2.40. The SMILES string of the molecule is CN(C)C(=O)[C@H]1C(=O)[C@@]2(O)c3ncc(Cl)cc3O[C@@]2(c2ccc(C#N)cc2)[C@@H]1c1ccccc1.CN(C)C(=O)[C@H]1C(=O)[C@@]2(O)c3ncc(Cl)cc3O[C@@]2(c2ccc(C#N)cc2)[C@@H]1c1ccccc1.CN(C)C(=O)[C@H]1[C@@H](O)[C@@]2(O)c3ncc(Cl)cc3O[C@@]2(c2ccc(C#N)cc2)[C@@H]1c1ccccc1. The molecule has 4 N–H and O–H groups in total. The number of carbonyl (C=O) groups excluding carboxylic acids is 5. The highest BCUT2D eigenvalue weighted by molar-refractivity contribution is 6.31. The fourth-order valence-electron chi connectivity index (χ4n) is 16.0. The predicted octanol–water partition coefficient (Wildman–Crippen LogP) is 9.25. The molecule has 512 valence electrons. The van der Waals surface area contributed by atoms with Crippen molar-refractivity contribution in [2.45, 2.75) is 57.5 Å². The monoisotopic (exact) mass is 1420 g/mol. The van der Waals surface area contributed by atoms with E-state index in [1.165, 1.54) is 45.4 Å². The molecule has 21 nitrogen and oxygen atoms in total. The Morgan fingerprint density at radius 1 is 0.431 bits per heavy atom. The molecule has 0 bridgehead atoms. The van der Waals surface area contributed by atoms with E-state index in [9.17, 15) is 60.2 Å². The quantitative estimate of drug-likeness (QED) is 0.0978. The molecular formula is C78H62Cl3N9O12. The largest absolute Gasteiger partial charge is 0.476 e. The van der Waals surface area contributed by atoms with Crippen LogP contribution in [0.4, 0.5) is 0 Å². The van der Waals surface area contributed by atoms with Crippen molar-refractivity contribution < 1.29 is 58.6 Å². The van der Waals surface area contributed by atoms with Crippen molar-refractivity contribution in [2.75, 3.05) is 42.3 Å². The molecule has 0 saturated heterocycles. The second-order valence-electron chi connectivity index (χ2n) is 26.3. The summed E-state index contributed by atoms with van der Waals surface area (Å²) >= 11 is 18.5. The number of hydrogen-bond donors (Lipinski definition) is 4. The van der Waals surface area contributed by atoms with E-state index in [2.05, 4.69) is 33.2 Å². The number of amides is 3. The summed E-state index contributed by atoms with van der Waals surface area (Å²) in [6, 6.07) is 57.6. The molecule has 24 heteroatoms. The maximum Gasteiger partial charge on any atom is 0.233 e. The molecule has 102 heavy (non-hydrogen) atoms. The normalized spacial score (nSPS) is 27.6. The zero-order valence-electron chi connectivity index (χ0n) is 55.3. The van der Waals surface area contributed by atoms with Gasteiger partial charge in [0.25, 0.3) is 0 Å². The van der Waals surface area contributed by atoms with Crippen molar-refractivity contribution in [2.24, 2.45) is 17.8 Å². The third-order valence-electron chi connectivity index (χ3n) is 20.3. The van der Waals surface area contributed by atoms with E-state index in [1.807, 2.05) is 42.5 Å². The lowest BCUT2D eigenvalue weighted by Crippen LogP contribution is -2.52. The maximum atomic E-state index is 14.1. The summed E-state index contributed by atoms with van der Waals surface area (Å²) in [6.07, 6.45) is 2.51. The second kappa shape index (κ2) is 25.9. The summed E-state index contributed by atoms with van der Waals surface area (Å²) in [5.74, 6) is -8.14.